The van der Waals surface area contributed by atoms with Gasteiger partial charge in [0.2, 0.25) is 0 Å². The highest BCUT2D eigenvalue weighted by Gasteiger charge is 2.28. The number of aromatic nitrogens is 6. The lowest BCUT2D eigenvalue weighted by Crippen LogP contribution is -2.42. The number of carbonyl (C=O) groups is 1. The van der Waals surface area contributed by atoms with Crippen LogP contribution in [0.4, 0.5) is 4.79 Å². The fraction of sp³-hybridized carbons (Fsp3) is 0.316. The van der Waals surface area contributed by atoms with Gasteiger partial charge in [-0.25, -0.2) is 24.1 Å². The molecule has 10 nitrogen and oxygen atoms in total. The maximum absolute atomic E-state index is 12.9. The van der Waals surface area contributed by atoms with Crippen molar-refractivity contribution < 1.29 is 9.90 Å². The Morgan fingerprint density at radius 3 is 2.93 bits per heavy atom. The summed E-state index contributed by atoms with van der Waals surface area (Å²) in [5.74, 6) is 0.476. The van der Waals surface area contributed by atoms with E-state index in [1.54, 1.807) is 28.5 Å². The monoisotopic (exact) mass is 393 g/mol. The Bertz CT molecular complexity index is 1300. The first-order chi connectivity index (χ1) is 14.0. The Hall–Kier alpha value is -3.69. The third-order valence-corrected chi connectivity index (χ3v) is 5.53. The molecule has 148 valence electrons. The first-order valence-corrected chi connectivity index (χ1v) is 9.39. The molecule has 1 atom stereocenters. The summed E-state index contributed by atoms with van der Waals surface area (Å²) >= 11 is 0. The van der Waals surface area contributed by atoms with Crippen molar-refractivity contribution in [3.05, 3.63) is 47.3 Å². The first kappa shape index (κ1) is 17.4. The molecule has 4 aromatic rings. The lowest BCUT2D eigenvalue weighted by Gasteiger charge is -2.31. The number of fused-ring (bicyclic) bond motifs is 2. The van der Waals surface area contributed by atoms with Crippen LogP contribution in [0.3, 0.4) is 0 Å². The molecule has 4 aromatic heterocycles. The second kappa shape index (κ2) is 6.43. The molecule has 1 aliphatic rings. The van der Waals surface area contributed by atoms with Gasteiger partial charge in [-0.2, -0.15) is 5.10 Å². The summed E-state index contributed by atoms with van der Waals surface area (Å²) in [5, 5.41) is 13.7. The van der Waals surface area contributed by atoms with E-state index in [0.29, 0.717) is 30.0 Å². The molecular formula is C19H19N7O3. The molecule has 0 bridgehead atoms. The van der Waals surface area contributed by atoms with E-state index in [-0.39, 0.29) is 18.3 Å². The molecular weight excluding hydrogens is 374 g/mol. The predicted octanol–water partition coefficient (Wildman–Crippen LogP) is 1.76. The van der Waals surface area contributed by atoms with Crippen LogP contribution in [0.15, 0.2) is 41.6 Å². The minimum absolute atomic E-state index is 0.219. The van der Waals surface area contributed by atoms with Gasteiger partial charge in [-0.1, -0.05) is 6.07 Å². The molecule has 10 heteroatoms. The summed E-state index contributed by atoms with van der Waals surface area (Å²) in [6.07, 6.45) is 5.64. The molecule has 1 fully saturated rings. The highest BCUT2D eigenvalue weighted by atomic mass is 16.4. The minimum atomic E-state index is -0.968. The van der Waals surface area contributed by atoms with Crippen LogP contribution in [0.1, 0.15) is 18.9 Å². The van der Waals surface area contributed by atoms with E-state index in [1.165, 1.54) is 9.47 Å². The SMILES string of the molecule is Cn1c(=O)n([C@H]2CCCN(C(=O)O)C2)c2nc(-c3cnn4ccccc34)ncc21. The molecule has 0 aliphatic carbocycles. The van der Waals surface area contributed by atoms with Crippen LogP contribution >= 0.6 is 0 Å². The van der Waals surface area contributed by atoms with Gasteiger partial charge >= 0.3 is 11.8 Å². The number of rotatable bonds is 2. The first-order valence-electron chi connectivity index (χ1n) is 9.39. The fourth-order valence-electron chi connectivity index (χ4n) is 4.04. The summed E-state index contributed by atoms with van der Waals surface area (Å²) < 4.78 is 4.86. The van der Waals surface area contributed by atoms with Gasteiger partial charge in [0, 0.05) is 26.3 Å². The largest absolute Gasteiger partial charge is 0.465 e. The highest BCUT2D eigenvalue weighted by Crippen LogP contribution is 2.26. The minimum Gasteiger partial charge on any atom is -0.465 e. The average molecular weight is 393 g/mol. The van der Waals surface area contributed by atoms with Gasteiger partial charge in [-0.3, -0.25) is 9.13 Å². The standard InChI is InChI=1S/C19H19N7O3/c1-23-15-10-20-16(13-9-21-25-8-3-2-6-14(13)25)22-17(15)26(18(23)27)12-5-4-7-24(11-12)19(28)29/h2-3,6,8-10,12H,4-5,7,11H2,1H3,(H,28,29)/t12-/m0/s1. The van der Waals surface area contributed by atoms with Gasteiger partial charge in [0.1, 0.15) is 5.52 Å². The summed E-state index contributed by atoms with van der Waals surface area (Å²) in [5.41, 5.74) is 2.54. The molecule has 29 heavy (non-hydrogen) atoms. The maximum atomic E-state index is 12.9. The number of nitrogens with zero attached hydrogens (tertiary/aromatic N) is 7. The molecule has 0 unspecified atom stereocenters. The quantitative estimate of drug-likeness (QED) is 0.556. The molecule has 0 aromatic carbocycles. The number of likely N-dealkylation sites (tertiary alicyclic amines) is 1. The van der Waals surface area contributed by atoms with Crippen LogP contribution in [-0.2, 0) is 7.05 Å². The number of carboxylic acid groups (broad SMARTS) is 1. The third-order valence-electron chi connectivity index (χ3n) is 5.53. The highest BCUT2D eigenvalue weighted by molar-refractivity contribution is 5.79. The molecule has 1 aliphatic heterocycles. The number of hydrogen-bond donors (Lipinski definition) is 1. The van der Waals surface area contributed by atoms with Crippen molar-refractivity contribution in [3.8, 4) is 11.4 Å². The Morgan fingerprint density at radius 2 is 2.10 bits per heavy atom. The van der Waals surface area contributed by atoms with Gasteiger partial charge in [0.15, 0.2) is 11.5 Å². The number of aryl methyl sites for hydroxylation is 1. The fourth-order valence-corrected chi connectivity index (χ4v) is 4.04. The third kappa shape index (κ3) is 2.67. The van der Waals surface area contributed by atoms with Crippen LogP contribution in [-0.4, -0.2) is 57.9 Å². The van der Waals surface area contributed by atoms with Gasteiger partial charge in [0.25, 0.3) is 0 Å². The molecule has 0 spiro atoms. The topological polar surface area (TPSA) is 111 Å². The zero-order valence-electron chi connectivity index (χ0n) is 15.8. The van der Waals surface area contributed by atoms with E-state index in [2.05, 4.69) is 10.1 Å². The Balaban J connectivity index is 1.67. The summed E-state index contributed by atoms with van der Waals surface area (Å²) in [6, 6.07) is 5.47. The van der Waals surface area contributed by atoms with E-state index in [4.69, 9.17) is 4.98 Å². The van der Waals surface area contributed by atoms with Crippen molar-refractivity contribution in [3.63, 3.8) is 0 Å². The van der Waals surface area contributed by atoms with Crippen LogP contribution < -0.4 is 5.69 Å². The van der Waals surface area contributed by atoms with E-state index in [0.717, 1.165) is 17.5 Å². The summed E-state index contributed by atoms with van der Waals surface area (Å²) in [4.78, 5) is 34.9. The van der Waals surface area contributed by atoms with E-state index < -0.39 is 6.09 Å². The van der Waals surface area contributed by atoms with Crippen molar-refractivity contribution in [1.29, 1.82) is 0 Å². The molecule has 1 amide bonds. The van der Waals surface area contributed by atoms with Crippen molar-refractivity contribution >= 4 is 22.8 Å². The molecule has 0 saturated carbocycles. The van der Waals surface area contributed by atoms with Crippen molar-refractivity contribution in [2.24, 2.45) is 7.05 Å². The lowest BCUT2D eigenvalue weighted by atomic mass is 10.1. The summed E-state index contributed by atoms with van der Waals surface area (Å²) in [7, 11) is 1.68. The molecule has 5 heterocycles. The zero-order valence-corrected chi connectivity index (χ0v) is 15.8. The number of imidazole rings is 1. The maximum Gasteiger partial charge on any atom is 0.407 e. The Labute approximate surface area is 164 Å². The lowest BCUT2D eigenvalue weighted by molar-refractivity contribution is 0.121. The average Bonchev–Trinajstić information content (AvgIpc) is 3.27. The van der Waals surface area contributed by atoms with Crippen molar-refractivity contribution in [2.45, 2.75) is 18.9 Å². The van der Waals surface area contributed by atoms with Crippen molar-refractivity contribution in [2.75, 3.05) is 13.1 Å². The van der Waals surface area contributed by atoms with Crippen LogP contribution in [0.2, 0.25) is 0 Å². The van der Waals surface area contributed by atoms with Gasteiger partial charge in [0.05, 0.1) is 29.5 Å². The van der Waals surface area contributed by atoms with E-state index >= 15 is 0 Å². The van der Waals surface area contributed by atoms with Crippen LogP contribution in [0.5, 0.6) is 0 Å². The number of amides is 1. The number of piperidine rings is 1. The van der Waals surface area contributed by atoms with Gasteiger partial charge in [-0.15, -0.1) is 0 Å². The smallest absolute Gasteiger partial charge is 0.407 e. The Morgan fingerprint density at radius 1 is 1.24 bits per heavy atom. The summed E-state index contributed by atoms with van der Waals surface area (Å²) in [6.45, 7) is 0.748. The van der Waals surface area contributed by atoms with E-state index in [9.17, 15) is 14.7 Å². The second-order valence-electron chi connectivity index (χ2n) is 7.23. The van der Waals surface area contributed by atoms with E-state index in [1.807, 2.05) is 24.4 Å². The second-order valence-corrected chi connectivity index (χ2v) is 7.23. The molecule has 1 saturated heterocycles. The molecule has 1 N–H and O–H groups in total. The number of pyridine rings is 1. The predicted molar refractivity (Wildman–Crippen MR) is 105 cm³/mol. The Kier molecular flexibility index (Phi) is 3.86. The normalized spacial score (nSPS) is 17.3. The van der Waals surface area contributed by atoms with Gasteiger partial charge < -0.3 is 10.0 Å². The van der Waals surface area contributed by atoms with Crippen molar-refractivity contribution in [1.82, 2.24) is 33.6 Å². The zero-order chi connectivity index (χ0) is 20.1. The molecule has 5 rings (SSSR count). The van der Waals surface area contributed by atoms with Gasteiger partial charge in [-0.05, 0) is 25.0 Å². The number of hydrogen-bond acceptors (Lipinski definition) is 5. The van der Waals surface area contributed by atoms with Crippen LogP contribution in [0.25, 0.3) is 28.1 Å². The van der Waals surface area contributed by atoms with Crippen LogP contribution in [0, 0.1) is 0 Å². The molecule has 0 radical (unpaired) electrons.